The van der Waals surface area contributed by atoms with E-state index in [-0.39, 0.29) is 5.56 Å². The van der Waals surface area contributed by atoms with Crippen LogP contribution in [0.25, 0.3) is 6.08 Å². The number of benzene rings is 2. The first-order valence-corrected chi connectivity index (χ1v) is 8.36. The largest absolute Gasteiger partial charge is 0.573 e. The first-order chi connectivity index (χ1) is 13.8. The van der Waals surface area contributed by atoms with Crippen molar-refractivity contribution in [1.82, 2.24) is 5.32 Å². The van der Waals surface area contributed by atoms with Gasteiger partial charge in [0.15, 0.2) is 0 Å². The van der Waals surface area contributed by atoms with Gasteiger partial charge in [-0.1, -0.05) is 24.3 Å². The molecule has 0 saturated carbocycles. The van der Waals surface area contributed by atoms with Crippen LogP contribution in [0.2, 0.25) is 0 Å². The van der Waals surface area contributed by atoms with Crippen molar-refractivity contribution in [3.05, 3.63) is 72.8 Å². The van der Waals surface area contributed by atoms with Gasteiger partial charge in [0.05, 0.1) is 0 Å². The number of urea groups is 1. The molecule has 0 atom stereocenters. The van der Waals surface area contributed by atoms with Crippen molar-refractivity contribution in [2.45, 2.75) is 6.36 Å². The fourth-order valence-electron chi connectivity index (χ4n) is 2.16. The van der Waals surface area contributed by atoms with Gasteiger partial charge in [0.25, 0.3) is 0 Å². The second-order valence-corrected chi connectivity index (χ2v) is 5.61. The van der Waals surface area contributed by atoms with Gasteiger partial charge >= 0.3 is 12.4 Å². The number of anilines is 2. The van der Waals surface area contributed by atoms with Crippen molar-refractivity contribution >= 4 is 29.4 Å². The molecule has 0 unspecified atom stereocenters. The lowest BCUT2D eigenvalue weighted by atomic mass is 10.2. The van der Waals surface area contributed by atoms with Crippen molar-refractivity contribution < 1.29 is 27.5 Å². The number of amides is 3. The number of para-hydroxylation sites is 1. The average Bonchev–Trinajstić information content (AvgIpc) is 2.66. The minimum absolute atomic E-state index is 0.102. The third-order valence-electron chi connectivity index (χ3n) is 3.38. The van der Waals surface area contributed by atoms with Gasteiger partial charge in [0.2, 0.25) is 5.91 Å². The van der Waals surface area contributed by atoms with Crippen LogP contribution < -0.4 is 20.7 Å². The first kappa shape index (κ1) is 21.5. The van der Waals surface area contributed by atoms with Gasteiger partial charge in [0.1, 0.15) is 5.75 Å². The van der Waals surface area contributed by atoms with Gasteiger partial charge in [-0.25, -0.2) is 4.79 Å². The Kier molecular flexibility index (Phi) is 7.41. The van der Waals surface area contributed by atoms with E-state index in [1.807, 2.05) is 0 Å². The number of hydrogen-bond donors (Lipinski definition) is 3. The number of hydrogen-bond acceptors (Lipinski definition) is 3. The highest BCUT2D eigenvalue weighted by atomic mass is 19.4. The summed E-state index contributed by atoms with van der Waals surface area (Å²) in [6.45, 7) is 3.81. The van der Waals surface area contributed by atoms with E-state index in [2.05, 4.69) is 27.3 Å². The Hall–Kier alpha value is -3.75. The lowest BCUT2D eigenvalue weighted by Crippen LogP contribution is -2.28. The number of rotatable bonds is 7. The van der Waals surface area contributed by atoms with E-state index in [4.69, 9.17) is 0 Å². The molecular formula is C20H18F3N3O3. The van der Waals surface area contributed by atoms with Crippen molar-refractivity contribution in [2.24, 2.45) is 0 Å². The molecule has 0 spiro atoms. The molecule has 0 aliphatic carbocycles. The second kappa shape index (κ2) is 9.98. The summed E-state index contributed by atoms with van der Waals surface area (Å²) in [6.07, 6.45) is -0.978. The van der Waals surface area contributed by atoms with E-state index in [0.717, 1.165) is 12.1 Å². The van der Waals surface area contributed by atoms with Crippen LogP contribution in [0.3, 0.4) is 0 Å². The van der Waals surface area contributed by atoms with Crippen molar-refractivity contribution in [2.75, 3.05) is 17.2 Å². The third-order valence-corrected chi connectivity index (χ3v) is 3.38. The van der Waals surface area contributed by atoms with Gasteiger partial charge in [0, 0.05) is 29.6 Å². The summed E-state index contributed by atoms with van der Waals surface area (Å²) < 4.78 is 41.2. The summed E-state index contributed by atoms with van der Waals surface area (Å²) in [7, 11) is 0. The number of carbonyl (C=O) groups excluding carboxylic acids is 2. The molecule has 152 valence electrons. The Morgan fingerprint density at radius 2 is 1.62 bits per heavy atom. The monoisotopic (exact) mass is 405 g/mol. The normalized spacial score (nSPS) is 11.0. The van der Waals surface area contributed by atoms with Crippen LogP contribution in [0, 0.1) is 0 Å². The van der Waals surface area contributed by atoms with E-state index < -0.39 is 24.1 Å². The van der Waals surface area contributed by atoms with Crippen LogP contribution >= 0.6 is 0 Å². The third kappa shape index (κ3) is 7.79. The molecule has 0 saturated heterocycles. The lowest BCUT2D eigenvalue weighted by Gasteiger charge is -2.11. The van der Waals surface area contributed by atoms with Crippen LogP contribution in [0.1, 0.15) is 5.56 Å². The smallest absolute Gasteiger partial charge is 0.405 e. The molecule has 6 nitrogen and oxygen atoms in total. The van der Waals surface area contributed by atoms with Gasteiger partial charge in [-0.3, -0.25) is 4.79 Å². The molecule has 0 radical (unpaired) electrons. The minimum atomic E-state index is -4.83. The van der Waals surface area contributed by atoms with Crippen LogP contribution in [0.4, 0.5) is 29.3 Å². The summed E-state index contributed by atoms with van der Waals surface area (Å²) in [5.74, 6) is -0.953. The minimum Gasteiger partial charge on any atom is -0.405 e. The predicted molar refractivity (Wildman–Crippen MR) is 104 cm³/mol. The number of carbonyl (C=O) groups is 2. The molecule has 3 amide bonds. The lowest BCUT2D eigenvalue weighted by molar-refractivity contribution is -0.274. The quantitative estimate of drug-likeness (QED) is 0.467. The Labute approximate surface area is 165 Å². The fraction of sp³-hybridized carbons (Fsp3) is 0.100. The highest BCUT2D eigenvalue weighted by molar-refractivity contribution is 6.02. The van der Waals surface area contributed by atoms with Crippen LogP contribution in [0.5, 0.6) is 5.75 Å². The number of nitrogens with one attached hydrogen (secondary N) is 3. The molecule has 0 aliphatic rings. The Balaban J connectivity index is 1.96. The van der Waals surface area contributed by atoms with Gasteiger partial charge in [-0.05, 0) is 36.4 Å². The molecule has 0 heterocycles. The van der Waals surface area contributed by atoms with Crippen LogP contribution in [-0.2, 0) is 4.79 Å². The van der Waals surface area contributed by atoms with Crippen LogP contribution in [-0.4, -0.2) is 24.8 Å². The summed E-state index contributed by atoms with van der Waals surface area (Å²) in [4.78, 5) is 23.6. The Morgan fingerprint density at radius 1 is 1.00 bits per heavy atom. The Morgan fingerprint density at radius 3 is 2.24 bits per heavy atom. The second-order valence-electron chi connectivity index (χ2n) is 5.61. The van der Waals surface area contributed by atoms with E-state index in [0.29, 0.717) is 17.9 Å². The zero-order valence-corrected chi connectivity index (χ0v) is 15.1. The topological polar surface area (TPSA) is 79.5 Å². The maximum Gasteiger partial charge on any atom is 0.573 e. The fourth-order valence-corrected chi connectivity index (χ4v) is 2.16. The average molecular weight is 405 g/mol. The molecule has 0 bridgehead atoms. The highest BCUT2D eigenvalue weighted by Crippen LogP contribution is 2.27. The van der Waals surface area contributed by atoms with Crippen molar-refractivity contribution in [3.8, 4) is 5.75 Å². The van der Waals surface area contributed by atoms with Crippen molar-refractivity contribution in [1.29, 1.82) is 0 Å². The molecular weight excluding hydrogens is 387 g/mol. The molecule has 3 N–H and O–H groups in total. The maximum atomic E-state index is 12.4. The van der Waals surface area contributed by atoms with E-state index in [1.165, 1.54) is 24.3 Å². The predicted octanol–water partition coefficient (Wildman–Crippen LogP) is 4.54. The van der Waals surface area contributed by atoms with Gasteiger partial charge in [-0.15, -0.1) is 19.8 Å². The number of ether oxygens (including phenoxy) is 1. The summed E-state index contributed by atoms with van der Waals surface area (Å²) >= 11 is 0. The molecule has 0 aliphatic heterocycles. The molecule has 0 aromatic heterocycles. The molecule has 2 aromatic rings. The van der Waals surface area contributed by atoms with Gasteiger partial charge < -0.3 is 20.7 Å². The maximum absolute atomic E-state index is 12.4. The summed E-state index contributed by atoms with van der Waals surface area (Å²) in [5, 5.41) is 7.71. The number of alkyl halides is 3. The summed E-state index contributed by atoms with van der Waals surface area (Å²) in [5.41, 5.74) is 1.06. The van der Waals surface area contributed by atoms with Gasteiger partial charge in [-0.2, -0.15) is 0 Å². The van der Waals surface area contributed by atoms with Crippen LogP contribution in [0.15, 0.2) is 67.3 Å². The van der Waals surface area contributed by atoms with E-state index in [9.17, 15) is 22.8 Å². The molecule has 2 rings (SSSR count). The molecule has 9 heteroatoms. The number of halogens is 3. The zero-order valence-electron chi connectivity index (χ0n) is 15.1. The van der Waals surface area contributed by atoms with Crippen molar-refractivity contribution in [3.63, 3.8) is 0 Å². The molecule has 2 aromatic carbocycles. The molecule has 29 heavy (non-hydrogen) atoms. The SMILES string of the molecule is C=CCNC(=O)Nc1ccc(NC(=O)/C=C/c2ccccc2OC(F)(F)F)cc1. The van der Waals surface area contributed by atoms with E-state index in [1.54, 1.807) is 30.3 Å². The zero-order chi connectivity index (χ0) is 21.3. The Bertz CT molecular complexity index is 894. The first-order valence-electron chi connectivity index (χ1n) is 8.36. The molecule has 0 fully saturated rings. The summed E-state index contributed by atoms with van der Waals surface area (Å²) in [6, 6.07) is 11.4. The highest BCUT2D eigenvalue weighted by Gasteiger charge is 2.31. The standard InChI is InChI=1S/C20H18F3N3O3/c1-2-13-24-19(28)26-16-10-8-15(9-11-16)25-18(27)12-7-14-5-3-4-6-17(14)29-20(21,22)23/h2-12H,1,13H2,(H,25,27)(H2,24,26,28)/b12-7+. The van der Waals surface area contributed by atoms with E-state index >= 15 is 0 Å².